The lowest BCUT2D eigenvalue weighted by Crippen LogP contribution is -2.40. The lowest BCUT2D eigenvalue weighted by atomic mass is 9.84. The average molecular weight is 465 g/mol. The van der Waals surface area contributed by atoms with Gasteiger partial charge in [0.2, 0.25) is 0 Å². The largest absolute Gasteiger partial charge is 0.463 e. The van der Waals surface area contributed by atoms with E-state index in [2.05, 4.69) is 6.07 Å². The van der Waals surface area contributed by atoms with Gasteiger partial charge in [-0.15, -0.1) is 11.3 Å². The van der Waals surface area contributed by atoms with Crippen LogP contribution >= 0.6 is 11.3 Å². The minimum absolute atomic E-state index is 0.0582. The van der Waals surface area contributed by atoms with Crippen molar-refractivity contribution in [2.24, 2.45) is 5.73 Å². The second-order valence-corrected chi connectivity index (χ2v) is 8.17. The minimum atomic E-state index is -0.939. The Balaban J connectivity index is 2.05. The fourth-order valence-corrected chi connectivity index (χ4v) is 4.79. The van der Waals surface area contributed by atoms with Crippen LogP contribution in [0.3, 0.4) is 0 Å². The van der Waals surface area contributed by atoms with E-state index in [0.717, 1.165) is 15.9 Å². The molecule has 0 radical (unpaired) electrons. The van der Waals surface area contributed by atoms with Crippen LogP contribution in [0.1, 0.15) is 24.0 Å². The van der Waals surface area contributed by atoms with Gasteiger partial charge in [-0.2, -0.15) is 5.26 Å². The first kappa shape index (κ1) is 22.2. The van der Waals surface area contributed by atoms with Crippen LogP contribution < -0.4 is 20.5 Å². The van der Waals surface area contributed by atoms with Crippen LogP contribution in [-0.4, -0.2) is 17.1 Å². The molecule has 1 aromatic heterocycles. The Morgan fingerprint density at radius 1 is 1.18 bits per heavy atom. The Labute approximate surface area is 190 Å². The Morgan fingerprint density at radius 2 is 1.79 bits per heavy atom. The molecule has 3 aromatic rings. The summed E-state index contributed by atoms with van der Waals surface area (Å²) in [4.78, 5) is 26.1. The number of benzene rings is 2. The summed E-state index contributed by atoms with van der Waals surface area (Å²) in [5, 5.41) is 10.0. The topological polar surface area (TPSA) is 98.1 Å². The van der Waals surface area contributed by atoms with Gasteiger partial charge < -0.3 is 10.5 Å². The number of esters is 1. The molecule has 0 unspecified atom stereocenters. The number of hydrogen-bond acceptors (Lipinski definition) is 6. The lowest BCUT2D eigenvalue weighted by Gasteiger charge is -2.25. The Hall–Kier alpha value is -4.03. The van der Waals surface area contributed by atoms with Crippen molar-refractivity contribution in [1.82, 2.24) is 4.57 Å². The first-order valence-corrected chi connectivity index (χ1v) is 10.7. The molecule has 2 N–H and O–H groups in total. The first-order chi connectivity index (χ1) is 15.8. The molecule has 0 spiro atoms. The van der Waals surface area contributed by atoms with Crippen molar-refractivity contribution in [3.8, 4) is 6.07 Å². The summed E-state index contributed by atoms with van der Waals surface area (Å²) >= 11 is 1.03. The van der Waals surface area contributed by atoms with E-state index < -0.39 is 29.1 Å². The smallest absolute Gasteiger partial charge is 0.338 e. The monoisotopic (exact) mass is 465 g/mol. The number of carbonyl (C=O) groups is 1. The number of rotatable bonds is 4. The van der Waals surface area contributed by atoms with Crippen molar-refractivity contribution in [3.63, 3.8) is 0 Å². The number of halogens is 2. The predicted molar refractivity (Wildman–Crippen MR) is 120 cm³/mol. The average Bonchev–Trinajstić information content (AvgIpc) is 3.12. The third-order valence-electron chi connectivity index (χ3n) is 5.14. The number of thiazole rings is 1. The maximum atomic E-state index is 13.5. The standard InChI is InChI=1S/C24H17F2N3O3S/c1-2-32-24(31)20-19(14-5-9-16(26)10-6-14)17(12-27)23-29(21(20)28)22(30)18(33-23)11-13-3-7-15(25)8-4-13/h3-11,19H,2,28H2,1H3/b18-11-/t19-/m1/s1. The van der Waals surface area contributed by atoms with E-state index in [1.807, 2.05) is 0 Å². The number of aromatic nitrogens is 1. The van der Waals surface area contributed by atoms with Crippen molar-refractivity contribution in [3.05, 3.63) is 96.4 Å². The van der Waals surface area contributed by atoms with Crippen molar-refractivity contribution in [1.29, 1.82) is 5.26 Å². The van der Waals surface area contributed by atoms with Gasteiger partial charge in [0.25, 0.3) is 5.56 Å². The number of ether oxygens (including phenoxy) is 1. The molecule has 0 aliphatic carbocycles. The van der Waals surface area contributed by atoms with Crippen molar-refractivity contribution in [2.45, 2.75) is 12.8 Å². The van der Waals surface area contributed by atoms with Gasteiger partial charge >= 0.3 is 5.97 Å². The van der Waals surface area contributed by atoms with E-state index >= 15 is 0 Å². The third kappa shape index (κ3) is 3.97. The molecule has 1 aliphatic rings. The van der Waals surface area contributed by atoms with Crippen LogP contribution in [0.15, 0.2) is 58.9 Å². The zero-order valence-corrected chi connectivity index (χ0v) is 18.2. The number of nitrogens with two attached hydrogens (primary N) is 1. The van der Waals surface area contributed by atoms with Crippen molar-refractivity contribution < 1.29 is 18.3 Å². The molecule has 0 fully saturated rings. The van der Waals surface area contributed by atoms with E-state index in [0.29, 0.717) is 11.1 Å². The molecule has 0 amide bonds. The van der Waals surface area contributed by atoms with Gasteiger partial charge in [-0.25, -0.2) is 13.6 Å². The van der Waals surface area contributed by atoms with E-state index in [1.54, 1.807) is 13.0 Å². The van der Waals surface area contributed by atoms with Crippen LogP contribution in [0.2, 0.25) is 0 Å². The molecular formula is C24H17F2N3O3S. The molecule has 166 valence electrons. The maximum Gasteiger partial charge on any atom is 0.338 e. The van der Waals surface area contributed by atoms with Gasteiger partial charge in [-0.3, -0.25) is 9.36 Å². The summed E-state index contributed by atoms with van der Waals surface area (Å²) in [6, 6.07) is 13.0. The molecule has 1 aliphatic heterocycles. The van der Waals surface area contributed by atoms with Gasteiger partial charge in [0.05, 0.1) is 34.3 Å². The van der Waals surface area contributed by atoms with E-state index in [9.17, 15) is 23.6 Å². The van der Waals surface area contributed by atoms with Crippen LogP contribution in [0.25, 0.3) is 17.5 Å². The molecule has 2 heterocycles. The molecule has 9 heteroatoms. The minimum Gasteiger partial charge on any atom is -0.463 e. The van der Waals surface area contributed by atoms with Gasteiger partial charge in [0.15, 0.2) is 0 Å². The highest BCUT2D eigenvalue weighted by atomic mass is 32.1. The van der Waals surface area contributed by atoms with Crippen LogP contribution in [0.4, 0.5) is 8.78 Å². The zero-order chi connectivity index (χ0) is 23.7. The normalized spacial score (nSPS) is 15.9. The number of nitrogens with zero attached hydrogens (tertiary/aromatic N) is 2. The zero-order valence-electron chi connectivity index (χ0n) is 17.3. The summed E-state index contributed by atoms with van der Waals surface area (Å²) in [6.07, 6.45) is 1.55. The fraction of sp³-hybridized carbons (Fsp3) is 0.125. The highest BCUT2D eigenvalue weighted by molar-refractivity contribution is 7.07. The molecule has 4 rings (SSSR count). The molecular weight excluding hydrogens is 448 g/mol. The van der Waals surface area contributed by atoms with Crippen LogP contribution in [0.5, 0.6) is 0 Å². The van der Waals surface area contributed by atoms with Gasteiger partial charge in [0.1, 0.15) is 22.1 Å². The summed E-state index contributed by atoms with van der Waals surface area (Å²) in [5.74, 6) is -2.76. The van der Waals surface area contributed by atoms with Crippen molar-refractivity contribution in [2.75, 3.05) is 6.61 Å². The van der Waals surface area contributed by atoms with E-state index in [4.69, 9.17) is 10.5 Å². The lowest BCUT2D eigenvalue weighted by molar-refractivity contribution is -0.138. The van der Waals surface area contributed by atoms with Gasteiger partial charge in [0, 0.05) is 0 Å². The molecule has 2 aromatic carbocycles. The molecule has 0 bridgehead atoms. The second-order valence-electron chi connectivity index (χ2n) is 7.14. The molecule has 33 heavy (non-hydrogen) atoms. The fourth-order valence-electron chi connectivity index (χ4n) is 3.66. The highest BCUT2D eigenvalue weighted by Crippen LogP contribution is 2.36. The third-order valence-corrected chi connectivity index (χ3v) is 6.24. The number of fused-ring (bicyclic) bond motifs is 1. The Morgan fingerprint density at radius 3 is 2.36 bits per heavy atom. The quantitative estimate of drug-likeness (QED) is 0.596. The van der Waals surface area contributed by atoms with Gasteiger partial charge in [-0.1, -0.05) is 24.3 Å². The highest BCUT2D eigenvalue weighted by Gasteiger charge is 2.36. The second kappa shape index (κ2) is 8.84. The van der Waals surface area contributed by atoms with Crippen molar-refractivity contribution >= 4 is 34.8 Å². The Kier molecular flexibility index (Phi) is 5.94. The predicted octanol–water partition coefficient (Wildman–Crippen LogP) is 2.18. The van der Waals surface area contributed by atoms with Gasteiger partial charge in [-0.05, 0) is 48.4 Å². The van der Waals surface area contributed by atoms with Crippen LogP contribution in [-0.2, 0) is 9.53 Å². The summed E-state index contributed by atoms with van der Waals surface area (Å²) in [5.41, 5.74) is 6.86. The SMILES string of the molecule is CCOC(=O)C1=C(N)n2c(s/c(=C\c3ccc(F)cc3)c2=O)=C(C#N)[C@H]1c1ccc(F)cc1. The molecule has 6 nitrogen and oxygen atoms in total. The number of nitriles is 1. The molecule has 0 saturated carbocycles. The first-order valence-electron chi connectivity index (χ1n) is 9.91. The van der Waals surface area contributed by atoms with E-state index in [-0.39, 0.29) is 32.8 Å². The summed E-state index contributed by atoms with van der Waals surface area (Å²) in [6.45, 7) is 1.68. The number of hydrogen-bond donors (Lipinski definition) is 1. The molecule has 0 saturated heterocycles. The Bertz CT molecular complexity index is 1490. The summed E-state index contributed by atoms with van der Waals surface area (Å²) < 4.78 is 33.6. The van der Waals surface area contributed by atoms with Crippen LogP contribution in [0, 0.1) is 23.0 Å². The number of carbonyl (C=O) groups excluding carboxylic acids is 1. The molecule has 1 atom stereocenters. The maximum absolute atomic E-state index is 13.5. The summed E-state index contributed by atoms with van der Waals surface area (Å²) in [7, 11) is 0. The van der Waals surface area contributed by atoms with E-state index in [1.165, 1.54) is 48.5 Å².